The van der Waals surface area contributed by atoms with Crippen LogP contribution in [0.5, 0.6) is 0 Å². The van der Waals surface area contributed by atoms with Gasteiger partial charge >= 0.3 is 6.18 Å². The summed E-state index contributed by atoms with van der Waals surface area (Å²) in [5, 5.41) is 6.46. The molecule has 5 nitrogen and oxygen atoms in total. The molecular formula is C25H22F3N5. The van der Waals surface area contributed by atoms with Crippen LogP contribution in [0.4, 0.5) is 41.7 Å². The summed E-state index contributed by atoms with van der Waals surface area (Å²) >= 11 is 0. The van der Waals surface area contributed by atoms with Crippen molar-refractivity contribution in [1.82, 2.24) is 9.97 Å². The third-order valence-electron chi connectivity index (χ3n) is 5.02. The molecule has 0 amide bonds. The van der Waals surface area contributed by atoms with E-state index in [1.807, 2.05) is 67.5 Å². The fourth-order valence-electron chi connectivity index (χ4n) is 3.28. The monoisotopic (exact) mass is 449 g/mol. The van der Waals surface area contributed by atoms with Crippen LogP contribution in [0.25, 0.3) is 11.3 Å². The average Bonchev–Trinajstić information content (AvgIpc) is 2.80. The first-order valence-electron chi connectivity index (χ1n) is 10.2. The highest BCUT2D eigenvalue weighted by Gasteiger charge is 2.29. The van der Waals surface area contributed by atoms with Crippen LogP contribution in [-0.4, -0.2) is 24.1 Å². The van der Waals surface area contributed by atoms with E-state index in [0.717, 1.165) is 34.8 Å². The Hall–Kier alpha value is -4.07. The van der Waals surface area contributed by atoms with Crippen molar-refractivity contribution >= 4 is 28.6 Å². The molecule has 0 spiro atoms. The summed E-state index contributed by atoms with van der Waals surface area (Å²) in [6, 6.07) is 22.4. The topological polar surface area (TPSA) is 53.1 Å². The van der Waals surface area contributed by atoms with Gasteiger partial charge in [-0.1, -0.05) is 18.2 Å². The Bertz CT molecular complexity index is 1220. The zero-order chi connectivity index (χ0) is 23.4. The number of alkyl halides is 3. The molecule has 3 aromatic carbocycles. The predicted octanol–water partition coefficient (Wildman–Crippen LogP) is 6.72. The second-order valence-corrected chi connectivity index (χ2v) is 7.60. The number of anilines is 5. The Morgan fingerprint density at radius 3 is 2.06 bits per heavy atom. The van der Waals surface area contributed by atoms with E-state index in [2.05, 4.69) is 20.6 Å². The van der Waals surface area contributed by atoms with Crippen LogP contribution >= 0.6 is 0 Å². The lowest BCUT2D eigenvalue weighted by Crippen LogP contribution is -2.08. The van der Waals surface area contributed by atoms with Crippen LogP contribution in [0.15, 0.2) is 85.2 Å². The molecule has 1 heterocycles. The zero-order valence-electron chi connectivity index (χ0n) is 18.1. The van der Waals surface area contributed by atoms with Crippen molar-refractivity contribution < 1.29 is 13.2 Å². The molecule has 2 N–H and O–H groups in total. The predicted molar refractivity (Wildman–Crippen MR) is 126 cm³/mol. The molecule has 33 heavy (non-hydrogen) atoms. The van der Waals surface area contributed by atoms with Gasteiger partial charge in [0.2, 0.25) is 0 Å². The number of hydrogen-bond donors (Lipinski definition) is 2. The first kappa shape index (κ1) is 22.1. The van der Waals surface area contributed by atoms with Crippen LogP contribution in [0.1, 0.15) is 5.56 Å². The third-order valence-corrected chi connectivity index (χ3v) is 5.02. The highest BCUT2D eigenvalue weighted by molar-refractivity contribution is 5.80. The van der Waals surface area contributed by atoms with Gasteiger partial charge < -0.3 is 15.5 Å². The summed E-state index contributed by atoms with van der Waals surface area (Å²) in [7, 11) is 3.98. The molecule has 0 unspecified atom stereocenters. The molecule has 0 bridgehead atoms. The summed E-state index contributed by atoms with van der Waals surface area (Å²) in [6.45, 7) is 0. The lowest BCUT2D eigenvalue weighted by molar-refractivity contribution is -0.137. The Morgan fingerprint density at radius 1 is 0.758 bits per heavy atom. The number of benzene rings is 3. The van der Waals surface area contributed by atoms with Crippen molar-refractivity contribution in [2.45, 2.75) is 6.18 Å². The summed E-state index contributed by atoms with van der Waals surface area (Å²) in [6.07, 6.45) is -2.95. The summed E-state index contributed by atoms with van der Waals surface area (Å²) < 4.78 is 38.4. The van der Waals surface area contributed by atoms with Gasteiger partial charge in [0.05, 0.1) is 11.3 Å². The van der Waals surface area contributed by atoms with Gasteiger partial charge in [0.25, 0.3) is 0 Å². The molecule has 168 valence electrons. The number of para-hydroxylation sites is 1. The molecule has 1 aromatic heterocycles. The number of nitrogens with zero attached hydrogens (tertiary/aromatic N) is 3. The maximum atomic E-state index is 12.8. The first-order valence-corrected chi connectivity index (χ1v) is 10.2. The Morgan fingerprint density at radius 2 is 1.39 bits per heavy atom. The van der Waals surface area contributed by atoms with Crippen LogP contribution in [0.3, 0.4) is 0 Å². The highest BCUT2D eigenvalue weighted by Crippen LogP contribution is 2.32. The van der Waals surface area contributed by atoms with Gasteiger partial charge in [0.15, 0.2) is 0 Å². The maximum absolute atomic E-state index is 12.8. The molecule has 4 rings (SSSR count). The lowest BCUT2D eigenvalue weighted by Gasteiger charge is -2.15. The smallest absolute Gasteiger partial charge is 0.378 e. The Labute approximate surface area is 189 Å². The van der Waals surface area contributed by atoms with Crippen molar-refractivity contribution in [2.24, 2.45) is 0 Å². The molecule has 0 aliphatic heterocycles. The van der Waals surface area contributed by atoms with Crippen LogP contribution in [0.2, 0.25) is 0 Å². The van der Waals surface area contributed by atoms with E-state index >= 15 is 0 Å². The normalized spacial score (nSPS) is 11.2. The lowest BCUT2D eigenvalue weighted by atomic mass is 10.1. The van der Waals surface area contributed by atoms with E-state index in [4.69, 9.17) is 0 Å². The van der Waals surface area contributed by atoms with Gasteiger partial charge in [-0.3, -0.25) is 0 Å². The molecular weight excluding hydrogens is 427 g/mol. The van der Waals surface area contributed by atoms with E-state index in [9.17, 15) is 13.2 Å². The molecule has 0 aliphatic carbocycles. The average molecular weight is 449 g/mol. The van der Waals surface area contributed by atoms with Gasteiger partial charge in [0, 0.05) is 48.5 Å². The van der Waals surface area contributed by atoms with Crippen LogP contribution in [0, 0.1) is 0 Å². The van der Waals surface area contributed by atoms with Gasteiger partial charge in [-0.15, -0.1) is 0 Å². The number of hydrogen-bond acceptors (Lipinski definition) is 5. The summed E-state index contributed by atoms with van der Waals surface area (Å²) in [5.74, 6) is 0.477. The van der Waals surface area contributed by atoms with Crippen molar-refractivity contribution in [1.29, 1.82) is 0 Å². The van der Waals surface area contributed by atoms with E-state index in [-0.39, 0.29) is 0 Å². The van der Waals surface area contributed by atoms with E-state index in [1.165, 1.54) is 18.5 Å². The molecule has 4 aromatic rings. The fourth-order valence-corrected chi connectivity index (χ4v) is 3.28. The van der Waals surface area contributed by atoms with E-state index in [0.29, 0.717) is 17.2 Å². The number of rotatable bonds is 6. The van der Waals surface area contributed by atoms with E-state index < -0.39 is 11.7 Å². The quantitative estimate of drug-likeness (QED) is 0.342. The van der Waals surface area contributed by atoms with Crippen LogP contribution in [-0.2, 0) is 6.18 Å². The molecule has 8 heteroatoms. The Kier molecular flexibility index (Phi) is 6.17. The number of nitrogens with one attached hydrogen (secondary N) is 2. The molecule has 0 aliphatic rings. The molecule has 0 fully saturated rings. The standard InChI is InChI=1S/C25H22F3N5/c1-33(2)20-13-11-18(12-14-20)31-22-6-4-3-5-21(22)23-15-24(30-16-29-23)32-19-9-7-17(8-10-19)25(26,27)28/h3-16,31H,1-2H3,(H,29,30,32). The van der Waals surface area contributed by atoms with Crippen LogP contribution < -0.4 is 15.5 Å². The molecule has 0 saturated heterocycles. The maximum Gasteiger partial charge on any atom is 0.416 e. The van der Waals surface area contributed by atoms with Crippen molar-refractivity contribution in [3.05, 3.63) is 90.8 Å². The largest absolute Gasteiger partial charge is 0.416 e. The van der Waals surface area contributed by atoms with Gasteiger partial charge in [0.1, 0.15) is 12.1 Å². The van der Waals surface area contributed by atoms with Gasteiger partial charge in [-0.25, -0.2) is 9.97 Å². The minimum absolute atomic E-state index is 0.477. The zero-order valence-corrected chi connectivity index (χ0v) is 18.1. The minimum atomic E-state index is -4.37. The Balaban J connectivity index is 1.56. The van der Waals surface area contributed by atoms with E-state index in [1.54, 1.807) is 6.07 Å². The van der Waals surface area contributed by atoms with Crippen molar-refractivity contribution in [3.8, 4) is 11.3 Å². The van der Waals surface area contributed by atoms with Crippen molar-refractivity contribution in [3.63, 3.8) is 0 Å². The highest BCUT2D eigenvalue weighted by atomic mass is 19.4. The number of halogens is 3. The third kappa shape index (κ3) is 5.41. The molecule has 0 radical (unpaired) electrons. The first-order chi connectivity index (χ1) is 15.8. The molecule has 0 saturated carbocycles. The van der Waals surface area contributed by atoms with Gasteiger partial charge in [-0.05, 0) is 54.6 Å². The summed E-state index contributed by atoms with van der Waals surface area (Å²) in [5.41, 5.74) is 4.25. The minimum Gasteiger partial charge on any atom is -0.378 e. The number of aromatic nitrogens is 2. The van der Waals surface area contributed by atoms with Crippen molar-refractivity contribution in [2.75, 3.05) is 29.6 Å². The second-order valence-electron chi connectivity index (χ2n) is 7.60. The SMILES string of the molecule is CN(C)c1ccc(Nc2ccccc2-c2cc(Nc3ccc(C(F)(F)F)cc3)ncn2)cc1. The summed E-state index contributed by atoms with van der Waals surface area (Å²) in [4.78, 5) is 10.6. The van der Waals surface area contributed by atoms with Gasteiger partial charge in [-0.2, -0.15) is 13.2 Å². The molecule has 0 atom stereocenters. The second kappa shape index (κ2) is 9.20. The fraction of sp³-hybridized carbons (Fsp3) is 0.120.